The summed E-state index contributed by atoms with van der Waals surface area (Å²) in [7, 11) is 0. The maximum Gasteiger partial charge on any atom is 0.254 e. The highest BCUT2D eigenvalue weighted by molar-refractivity contribution is 7.17. The molecule has 0 aromatic carbocycles. The van der Waals surface area contributed by atoms with Crippen LogP contribution in [0.4, 0.5) is 5.00 Å². The van der Waals surface area contributed by atoms with Crippen molar-refractivity contribution in [1.29, 1.82) is 0 Å². The van der Waals surface area contributed by atoms with E-state index < -0.39 is 0 Å². The van der Waals surface area contributed by atoms with Crippen LogP contribution in [0.2, 0.25) is 0 Å². The second kappa shape index (κ2) is 7.62. The molecule has 146 valence electrons. The quantitative estimate of drug-likeness (QED) is 0.670. The molecule has 3 N–H and O–H groups in total. The lowest BCUT2D eigenvalue weighted by atomic mass is 9.86. The number of amides is 3. The number of fused-ring (bicyclic) bond motifs is 1. The molecule has 27 heavy (non-hydrogen) atoms. The van der Waals surface area contributed by atoms with E-state index in [1.807, 2.05) is 6.92 Å². The molecule has 3 aliphatic rings. The predicted molar refractivity (Wildman–Crippen MR) is 105 cm³/mol. The highest BCUT2D eigenvalue weighted by Gasteiger charge is 2.36. The van der Waals surface area contributed by atoms with Gasteiger partial charge in [-0.2, -0.15) is 0 Å². The summed E-state index contributed by atoms with van der Waals surface area (Å²) in [6.45, 7) is 3.20. The molecule has 0 bridgehead atoms. The third-order valence-electron chi connectivity index (χ3n) is 5.60. The van der Waals surface area contributed by atoms with Crippen molar-refractivity contribution >= 4 is 34.1 Å². The van der Waals surface area contributed by atoms with E-state index in [0.29, 0.717) is 29.6 Å². The first-order chi connectivity index (χ1) is 13.1. The van der Waals surface area contributed by atoms with Gasteiger partial charge in [-0.05, 0) is 63.4 Å². The van der Waals surface area contributed by atoms with Gasteiger partial charge in [0.2, 0.25) is 11.8 Å². The maximum absolute atomic E-state index is 12.9. The van der Waals surface area contributed by atoms with Gasteiger partial charge in [-0.15, -0.1) is 11.3 Å². The first-order valence-electron chi connectivity index (χ1n) is 10.1. The van der Waals surface area contributed by atoms with Gasteiger partial charge in [0, 0.05) is 23.9 Å². The number of carbonyl (C=O) groups is 3. The van der Waals surface area contributed by atoms with Gasteiger partial charge in [0.15, 0.2) is 0 Å². The third-order valence-corrected chi connectivity index (χ3v) is 6.86. The lowest BCUT2D eigenvalue weighted by Gasteiger charge is -2.22. The van der Waals surface area contributed by atoms with E-state index in [1.54, 1.807) is 0 Å². The van der Waals surface area contributed by atoms with Crippen molar-refractivity contribution in [3.63, 3.8) is 0 Å². The Bertz CT molecular complexity index is 765. The zero-order chi connectivity index (χ0) is 19.0. The van der Waals surface area contributed by atoms with Gasteiger partial charge in [-0.25, -0.2) is 0 Å². The van der Waals surface area contributed by atoms with Crippen LogP contribution >= 0.6 is 11.3 Å². The monoisotopic (exact) mass is 389 g/mol. The molecule has 3 amide bonds. The molecule has 2 fully saturated rings. The molecule has 1 atom stereocenters. The van der Waals surface area contributed by atoms with Crippen molar-refractivity contribution in [2.45, 2.75) is 57.8 Å². The number of anilines is 1. The van der Waals surface area contributed by atoms with Crippen molar-refractivity contribution in [2.75, 3.05) is 18.4 Å². The van der Waals surface area contributed by atoms with Crippen LogP contribution in [0.1, 0.15) is 72.2 Å². The molecule has 1 heterocycles. The van der Waals surface area contributed by atoms with Gasteiger partial charge in [0.05, 0.1) is 11.5 Å². The number of carbonyl (C=O) groups excluding carboxylic acids is 3. The topological polar surface area (TPSA) is 87.3 Å². The van der Waals surface area contributed by atoms with Crippen molar-refractivity contribution < 1.29 is 14.4 Å². The van der Waals surface area contributed by atoms with E-state index in [4.69, 9.17) is 0 Å². The smallest absolute Gasteiger partial charge is 0.254 e. The predicted octanol–water partition coefficient (Wildman–Crippen LogP) is 2.79. The minimum Gasteiger partial charge on any atom is -0.356 e. The fraction of sp³-hybridized carbons (Fsp3) is 0.650. The molecule has 6 nitrogen and oxygen atoms in total. The summed E-state index contributed by atoms with van der Waals surface area (Å²) in [4.78, 5) is 38.8. The van der Waals surface area contributed by atoms with Crippen LogP contribution in [-0.2, 0) is 16.0 Å². The summed E-state index contributed by atoms with van der Waals surface area (Å²) in [6, 6.07) is 0. The lowest BCUT2D eigenvalue weighted by Crippen LogP contribution is -2.31. The average Bonchev–Trinajstić information content (AvgIpc) is 3.55. The zero-order valence-electron chi connectivity index (χ0n) is 15.7. The molecule has 1 aromatic rings. The highest BCUT2D eigenvalue weighted by atomic mass is 32.1. The number of hydrogen-bond acceptors (Lipinski definition) is 4. The lowest BCUT2D eigenvalue weighted by molar-refractivity contribution is -0.122. The summed E-state index contributed by atoms with van der Waals surface area (Å²) in [6.07, 6.45) is 6.64. The van der Waals surface area contributed by atoms with E-state index >= 15 is 0 Å². The molecule has 0 spiro atoms. The van der Waals surface area contributed by atoms with Gasteiger partial charge in [0.1, 0.15) is 5.00 Å². The number of thiophene rings is 1. The number of rotatable bonds is 7. The van der Waals surface area contributed by atoms with Crippen molar-refractivity contribution in [1.82, 2.24) is 10.6 Å². The summed E-state index contributed by atoms with van der Waals surface area (Å²) in [5.41, 5.74) is 1.56. The molecule has 0 aliphatic heterocycles. The number of hydrogen-bond donors (Lipinski definition) is 3. The Hall–Kier alpha value is -1.89. The Kier molecular flexibility index (Phi) is 5.21. The Labute approximate surface area is 163 Å². The summed E-state index contributed by atoms with van der Waals surface area (Å²) >= 11 is 1.42. The summed E-state index contributed by atoms with van der Waals surface area (Å²) in [5, 5.41) is 9.57. The SMILES string of the molecule is CCNC(=O)C1CCCc2c1sc(NC(=O)C1CC1)c2C(=O)NCC1CC1. The van der Waals surface area contributed by atoms with Crippen LogP contribution in [0.3, 0.4) is 0 Å². The van der Waals surface area contributed by atoms with Gasteiger partial charge >= 0.3 is 0 Å². The normalized spacial score (nSPS) is 21.3. The van der Waals surface area contributed by atoms with E-state index in [0.717, 1.165) is 42.5 Å². The zero-order valence-corrected chi connectivity index (χ0v) is 16.5. The molecule has 0 saturated heterocycles. The molecule has 1 aromatic heterocycles. The molecule has 2 saturated carbocycles. The highest BCUT2D eigenvalue weighted by Crippen LogP contribution is 2.44. The van der Waals surface area contributed by atoms with E-state index in [2.05, 4.69) is 16.0 Å². The molecule has 1 unspecified atom stereocenters. The number of nitrogens with one attached hydrogen (secondary N) is 3. The van der Waals surface area contributed by atoms with Crippen molar-refractivity contribution in [3.05, 3.63) is 16.0 Å². The van der Waals surface area contributed by atoms with Crippen LogP contribution in [0.25, 0.3) is 0 Å². The van der Waals surface area contributed by atoms with Gasteiger partial charge in [0.25, 0.3) is 5.91 Å². The Balaban J connectivity index is 1.64. The van der Waals surface area contributed by atoms with Crippen LogP contribution in [0.5, 0.6) is 0 Å². The Morgan fingerprint density at radius 2 is 1.81 bits per heavy atom. The second-order valence-corrected chi connectivity index (χ2v) is 8.96. The molecular weight excluding hydrogens is 362 g/mol. The molecule has 3 aliphatic carbocycles. The molecule has 4 rings (SSSR count). The largest absolute Gasteiger partial charge is 0.356 e. The standard InChI is InChI=1S/C20H27N3O3S/c1-2-21-18(25)14-5-3-4-13-15(19(26)22-10-11-6-7-11)20(27-16(13)14)23-17(24)12-8-9-12/h11-12,14H,2-10H2,1H3,(H,21,25)(H,22,26)(H,23,24). The van der Waals surface area contributed by atoms with Crippen molar-refractivity contribution in [2.24, 2.45) is 11.8 Å². The molecule has 0 radical (unpaired) electrons. The minimum atomic E-state index is -0.222. The number of likely N-dealkylation sites (N-methyl/N-ethyl adjacent to an activating group) is 1. The third kappa shape index (κ3) is 4.03. The van der Waals surface area contributed by atoms with Crippen LogP contribution in [0.15, 0.2) is 0 Å². The summed E-state index contributed by atoms with van der Waals surface area (Å²) in [5.74, 6) is 0.355. The maximum atomic E-state index is 12.9. The van der Waals surface area contributed by atoms with Crippen LogP contribution < -0.4 is 16.0 Å². The van der Waals surface area contributed by atoms with Gasteiger partial charge in [-0.3, -0.25) is 14.4 Å². The first kappa shape index (κ1) is 18.5. The van der Waals surface area contributed by atoms with Crippen molar-refractivity contribution in [3.8, 4) is 0 Å². The van der Waals surface area contributed by atoms with Crippen LogP contribution in [-0.4, -0.2) is 30.8 Å². The first-order valence-corrected chi connectivity index (χ1v) is 10.9. The Morgan fingerprint density at radius 3 is 2.48 bits per heavy atom. The molecular formula is C20H27N3O3S. The average molecular weight is 390 g/mol. The van der Waals surface area contributed by atoms with Gasteiger partial charge < -0.3 is 16.0 Å². The van der Waals surface area contributed by atoms with E-state index in [-0.39, 0.29) is 29.6 Å². The minimum absolute atomic E-state index is 0.000556. The Morgan fingerprint density at radius 1 is 1.04 bits per heavy atom. The second-order valence-electron chi connectivity index (χ2n) is 7.91. The van der Waals surface area contributed by atoms with Gasteiger partial charge in [-0.1, -0.05) is 0 Å². The van der Waals surface area contributed by atoms with Crippen LogP contribution in [0, 0.1) is 11.8 Å². The van der Waals surface area contributed by atoms with E-state index in [1.165, 1.54) is 24.2 Å². The fourth-order valence-corrected chi connectivity index (χ4v) is 5.09. The fourth-order valence-electron chi connectivity index (χ4n) is 3.71. The van der Waals surface area contributed by atoms with E-state index in [9.17, 15) is 14.4 Å². The summed E-state index contributed by atoms with van der Waals surface area (Å²) < 4.78 is 0. The molecule has 7 heteroatoms.